The maximum absolute atomic E-state index is 11.6. The second-order valence-corrected chi connectivity index (χ2v) is 3.68. The zero-order chi connectivity index (χ0) is 11.2. The van der Waals surface area contributed by atoms with Gasteiger partial charge in [0.1, 0.15) is 5.41 Å². The second-order valence-electron chi connectivity index (χ2n) is 3.68. The third kappa shape index (κ3) is 3.35. The van der Waals surface area contributed by atoms with Gasteiger partial charge in [-0.1, -0.05) is 6.92 Å². The number of carbonyl (C=O) groups excluding carboxylic acids is 1. The van der Waals surface area contributed by atoms with E-state index in [9.17, 15) is 4.79 Å². The zero-order valence-electron chi connectivity index (χ0n) is 9.00. The lowest BCUT2D eigenvalue weighted by Gasteiger charge is -2.21. The SMILES string of the molecule is CCC(C)(C#N)C(=O)NC(C)CCO. The number of aliphatic hydroxyl groups is 1. The number of hydrogen-bond acceptors (Lipinski definition) is 3. The minimum Gasteiger partial charge on any atom is -0.396 e. The molecule has 0 spiro atoms. The lowest BCUT2D eigenvalue weighted by atomic mass is 9.88. The Labute approximate surface area is 84.9 Å². The van der Waals surface area contributed by atoms with Gasteiger partial charge in [-0.25, -0.2) is 0 Å². The molecule has 2 unspecified atom stereocenters. The van der Waals surface area contributed by atoms with E-state index in [2.05, 4.69) is 5.32 Å². The van der Waals surface area contributed by atoms with Gasteiger partial charge in [0.2, 0.25) is 5.91 Å². The Kier molecular flexibility index (Phi) is 5.18. The highest BCUT2D eigenvalue weighted by Crippen LogP contribution is 2.19. The summed E-state index contributed by atoms with van der Waals surface area (Å²) in [5.74, 6) is -0.261. The number of hydrogen-bond donors (Lipinski definition) is 2. The number of nitriles is 1. The normalized spacial score (nSPS) is 16.5. The third-order valence-corrected chi connectivity index (χ3v) is 2.39. The molecule has 0 aromatic heterocycles. The minimum absolute atomic E-state index is 0.0385. The van der Waals surface area contributed by atoms with Crippen molar-refractivity contribution in [2.75, 3.05) is 6.61 Å². The maximum Gasteiger partial charge on any atom is 0.240 e. The molecule has 14 heavy (non-hydrogen) atoms. The van der Waals surface area contributed by atoms with Crippen LogP contribution in [-0.4, -0.2) is 23.7 Å². The lowest BCUT2D eigenvalue weighted by molar-refractivity contribution is -0.128. The van der Waals surface area contributed by atoms with Gasteiger partial charge in [0.05, 0.1) is 6.07 Å². The fourth-order valence-electron chi connectivity index (χ4n) is 0.939. The molecular formula is C10H18N2O2. The first kappa shape index (κ1) is 12.9. The molecule has 0 aliphatic heterocycles. The van der Waals surface area contributed by atoms with E-state index in [1.54, 1.807) is 13.8 Å². The van der Waals surface area contributed by atoms with Gasteiger partial charge in [-0.2, -0.15) is 5.26 Å². The van der Waals surface area contributed by atoms with Crippen LogP contribution in [0, 0.1) is 16.7 Å². The van der Waals surface area contributed by atoms with Gasteiger partial charge in [0.15, 0.2) is 0 Å². The Balaban J connectivity index is 4.27. The average Bonchev–Trinajstić information content (AvgIpc) is 2.16. The molecule has 0 aromatic carbocycles. The molecule has 80 valence electrons. The molecule has 0 aromatic rings. The number of nitrogens with zero attached hydrogens (tertiary/aromatic N) is 1. The van der Waals surface area contributed by atoms with Crippen molar-refractivity contribution in [3.63, 3.8) is 0 Å². The summed E-state index contributed by atoms with van der Waals surface area (Å²) in [4.78, 5) is 11.6. The second kappa shape index (κ2) is 5.61. The summed E-state index contributed by atoms with van der Waals surface area (Å²) < 4.78 is 0. The first-order chi connectivity index (χ1) is 6.50. The Morgan fingerprint density at radius 2 is 2.29 bits per heavy atom. The summed E-state index contributed by atoms with van der Waals surface area (Å²) >= 11 is 0. The van der Waals surface area contributed by atoms with E-state index >= 15 is 0 Å². The van der Waals surface area contributed by atoms with Crippen LogP contribution in [0.4, 0.5) is 0 Å². The number of amides is 1. The van der Waals surface area contributed by atoms with Crippen LogP contribution >= 0.6 is 0 Å². The number of carbonyl (C=O) groups is 1. The van der Waals surface area contributed by atoms with Crippen LogP contribution in [0.3, 0.4) is 0 Å². The van der Waals surface area contributed by atoms with Crippen molar-refractivity contribution in [2.24, 2.45) is 5.41 Å². The van der Waals surface area contributed by atoms with Crippen molar-refractivity contribution in [3.05, 3.63) is 0 Å². The summed E-state index contributed by atoms with van der Waals surface area (Å²) in [5, 5.41) is 20.2. The zero-order valence-corrected chi connectivity index (χ0v) is 9.00. The summed E-state index contributed by atoms with van der Waals surface area (Å²) in [6, 6.07) is 1.91. The quantitative estimate of drug-likeness (QED) is 0.686. The van der Waals surface area contributed by atoms with E-state index < -0.39 is 5.41 Å². The minimum atomic E-state index is -0.955. The molecule has 0 fully saturated rings. The van der Waals surface area contributed by atoms with Gasteiger partial charge < -0.3 is 10.4 Å². The maximum atomic E-state index is 11.6. The van der Waals surface area contributed by atoms with Crippen LogP contribution < -0.4 is 5.32 Å². The van der Waals surface area contributed by atoms with Crippen LogP contribution in [0.15, 0.2) is 0 Å². The Morgan fingerprint density at radius 3 is 2.64 bits per heavy atom. The molecule has 1 amide bonds. The third-order valence-electron chi connectivity index (χ3n) is 2.39. The Hall–Kier alpha value is -1.08. The molecule has 0 aliphatic rings. The first-order valence-corrected chi connectivity index (χ1v) is 4.83. The van der Waals surface area contributed by atoms with Gasteiger partial charge >= 0.3 is 0 Å². The molecule has 2 N–H and O–H groups in total. The largest absolute Gasteiger partial charge is 0.396 e. The highest BCUT2D eigenvalue weighted by atomic mass is 16.3. The number of rotatable bonds is 5. The Morgan fingerprint density at radius 1 is 1.71 bits per heavy atom. The molecule has 0 rings (SSSR count). The molecule has 0 aliphatic carbocycles. The highest BCUT2D eigenvalue weighted by molar-refractivity contribution is 5.85. The van der Waals surface area contributed by atoms with E-state index in [-0.39, 0.29) is 18.6 Å². The lowest BCUT2D eigenvalue weighted by Crippen LogP contribution is -2.42. The van der Waals surface area contributed by atoms with Crippen molar-refractivity contribution >= 4 is 5.91 Å². The predicted molar refractivity (Wildman–Crippen MR) is 53.3 cm³/mol. The molecule has 4 nitrogen and oxygen atoms in total. The van der Waals surface area contributed by atoms with E-state index in [1.807, 2.05) is 13.0 Å². The standard InChI is InChI=1S/C10H18N2O2/c1-4-10(3,7-11)9(14)12-8(2)5-6-13/h8,13H,4-6H2,1-3H3,(H,12,14). The Bertz CT molecular complexity index is 235. The molecule has 0 radical (unpaired) electrons. The molecule has 4 heteroatoms. The fraction of sp³-hybridized carbons (Fsp3) is 0.800. The summed E-state index contributed by atoms with van der Waals surface area (Å²) in [5.41, 5.74) is -0.955. The topological polar surface area (TPSA) is 73.1 Å². The summed E-state index contributed by atoms with van der Waals surface area (Å²) in [7, 11) is 0. The molecule has 0 heterocycles. The van der Waals surface area contributed by atoms with Gasteiger partial charge in [-0.15, -0.1) is 0 Å². The molecular weight excluding hydrogens is 180 g/mol. The fourth-order valence-corrected chi connectivity index (χ4v) is 0.939. The van der Waals surface area contributed by atoms with Crippen LogP contribution in [-0.2, 0) is 4.79 Å². The van der Waals surface area contributed by atoms with E-state index in [1.165, 1.54) is 0 Å². The highest BCUT2D eigenvalue weighted by Gasteiger charge is 2.31. The van der Waals surface area contributed by atoms with Crippen molar-refractivity contribution in [1.82, 2.24) is 5.32 Å². The monoisotopic (exact) mass is 198 g/mol. The molecule has 0 saturated heterocycles. The van der Waals surface area contributed by atoms with Crippen LogP contribution in [0.5, 0.6) is 0 Å². The van der Waals surface area contributed by atoms with E-state index in [4.69, 9.17) is 10.4 Å². The van der Waals surface area contributed by atoms with Crippen molar-refractivity contribution < 1.29 is 9.90 Å². The predicted octanol–water partition coefficient (Wildman–Crippen LogP) is 0.813. The van der Waals surface area contributed by atoms with Crippen LogP contribution in [0.2, 0.25) is 0 Å². The van der Waals surface area contributed by atoms with E-state index in [0.717, 1.165) is 0 Å². The van der Waals surface area contributed by atoms with Crippen LogP contribution in [0.25, 0.3) is 0 Å². The summed E-state index contributed by atoms with van der Waals surface area (Å²) in [6.07, 6.45) is 0.998. The van der Waals surface area contributed by atoms with Crippen molar-refractivity contribution in [1.29, 1.82) is 5.26 Å². The molecule has 0 bridgehead atoms. The number of nitrogens with one attached hydrogen (secondary N) is 1. The van der Waals surface area contributed by atoms with Crippen molar-refractivity contribution in [2.45, 2.75) is 39.7 Å². The van der Waals surface area contributed by atoms with Crippen molar-refractivity contribution in [3.8, 4) is 6.07 Å². The van der Waals surface area contributed by atoms with Gasteiger partial charge in [-0.05, 0) is 26.7 Å². The van der Waals surface area contributed by atoms with E-state index in [0.29, 0.717) is 12.8 Å². The molecule has 0 saturated carbocycles. The first-order valence-electron chi connectivity index (χ1n) is 4.83. The molecule has 2 atom stereocenters. The van der Waals surface area contributed by atoms with Crippen LogP contribution in [0.1, 0.15) is 33.6 Å². The average molecular weight is 198 g/mol. The summed E-state index contributed by atoms with van der Waals surface area (Å²) in [6.45, 7) is 5.27. The van der Waals surface area contributed by atoms with Gasteiger partial charge in [-0.3, -0.25) is 4.79 Å². The number of aliphatic hydroxyl groups excluding tert-OH is 1. The van der Waals surface area contributed by atoms with Gasteiger partial charge in [0, 0.05) is 12.6 Å². The van der Waals surface area contributed by atoms with Gasteiger partial charge in [0.25, 0.3) is 0 Å². The smallest absolute Gasteiger partial charge is 0.240 e.